The number of phenolic OH excluding ortho intramolecular Hbond substituents is 1. The van der Waals surface area contributed by atoms with Gasteiger partial charge in [-0.1, -0.05) is 49.7 Å². The minimum atomic E-state index is -0.452. The highest BCUT2D eigenvalue weighted by Crippen LogP contribution is 2.28. The Kier molecular flexibility index (Phi) is 7.56. The molecule has 1 aliphatic rings. The van der Waals surface area contributed by atoms with Crippen LogP contribution in [-0.4, -0.2) is 47.7 Å². The molecule has 7 nitrogen and oxygen atoms in total. The van der Waals surface area contributed by atoms with Crippen molar-refractivity contribution in [2.24, 2.45) is 16.9 Å². The van der Waals surface area contributed by atoms with Gasteiger partial charge in [0.15, 0.2) is 6.61 Å². The fraction of sp³-hybridized carbons (Fsp3) is 0.296. The molecule has 35 heavy (non-hydrogen) atoms. The average molecular weight is 494 g/mol. The number of likely N-dealkylation sites (tertiary alicyclic amines) is 1. The van der Waals surface area contributed by atoms with E-state index in [1.165, 1.54) is 18.2 Å². The third kappa shape index (κ3) is 5.92. The molecule has 1 aliphatic heterocycles. The minimum absolute atomic E-state index is 0.00448. The van der Waals surface area contributed by atoms with Crippen molar-refractivity contribution in [2.75, 3.05) is 19.7 Å². The summed E-state index contributed by atoms with van der Waals surface area (Å²) in [6.45, 7) is 5.87. The van der Waals surface area contributed by atoms with Gasteiger partial charge in [0.2, 0.25) is 0 Å². The van der Waals surface area contributed by atoms with Gasteiger partial charge in [0.05, 0.1) is 11.2 Å². The molecule has 3 aromatic rings. The van der Waals surface area contributed by atoms with Gasteiger partial charge in [-0.3, -0.25) is 9.59 Å². The molecule has 1 heterocycles. The maximum Gasteiger partial charge on any atom is 0.271 e. The number of hydrazone groups is 1. The summed E-state index contributed by atoms with van der Waals surface area (Å²) in [4.78, 5) is 27.0. The van der Waals surface area contributed by atoms with E-state index in [0.717, 1.165) is 35.8 Å². The smallest absolute Gasteiger partial charge is 0.271 e. The number of nitrogens with zero attached hydrogens (tertiary/aromatic N) is 2. The van der Waals surface area contributed by atoms with Crippen molar-refractivity contribution in [3.05, 3.63) is 70.7 Å². The van der Waals surface area contributed by atoms with Gasteiger partial charge in [-0.2, -0.15) is 5.10 Å². The second-order valence-electron chi connectivity index (χ2n) is 9.10. The van der Waals surface area contributed by atoms with E-state index >= 15 is 0 Å². The molecule has 2 N–H and O–H groups in total. The fourth-order valence-corrected chi connectivity index (χ4v) is 4.68. The van der Waals surface area contributed by atoms with Crippen LogP contribution in [0.4, 0.5) is 0 Å². The van der Waals surface area contributed by atoms with Gasteiger partial charge >= 0.3 is 0 Å². The van der Waals surface area contributed by atoms with Crippen LogP contribution in [0.1, 0.15) is 36.2 Å². The number of amides is 2. The topological polar surface area (TPSA) is 91.2 Å². The molecule has 2 unspecified atom stereocenters. The van der Waals surface area contributed by atoms with Gasteiger partial charge in [0.25, 0.3) is 11.8 Å². The first-order valence-corrected chi connectivity index (χ1v) is 11.9. The molecule has 0 bridgehead atoms. The van der Waals surface area contributed by atoms with Gasteiger partial charge in [-0.25, -0.2) is 5.43 Å². The standard InChI is InChI=1S/C27H28ClN3O4/c1-17-11-18(2)15-31(14-17)26(33)16-35-25-10-8-20(21-5-3-4-6-22(21)25)13-29-30-27(34)19-7-9-24(32)23(28)12-19/h3-10,12-13,17-18,32H,11,14-16H2,1-2H3,(H,30,34). The summed E-state index contributed by atoms with van der Waals surface area (Å²) in [6, 6.07) is 15.5. The SMILES string of the molecule is CC1CC(C)CN(C(=O)COc2ccc(C=NNC(=O)c3ccc(O)c(Cl)c3)c3ccccc23)C1. The van der Waals surface area contributed by atoms with Crippen LogP contribution in [0, 0.1) is 11.8 Å². The third-order valence-corrected chi connectivity index (χ3v) is 6.37. The highest BCUT2D eigenvalue weighted by molar-refractivity contribution is 6.32. The number of benzene rings is 3. The first-order valence-electron chi connectivity index (χ1n) is 11.6. The Morgan fingerprint density at radius 1 is 1.11 bits per heavy atom. The molecule has 0 aliphatic carbocycles. The highest BCUT2D eigenvalue weighted by atomic mass is 35.5. The molecule has 0 spiro atoms. The van der Waals surface area contributed by atoms with Crippen molar-refractivity contribution >= 4 is 40.4 Å². The normalized spacial score (nSPS) is 18.1. The number of halogens is 1. The highest BCUT2D eigenvalue weighted by Gasteiger charge is 2.25. The van der Waals surface area contributed by atoms with Crippen LogP contribution in [-0.2, 0) is 4.79 Å². The summed E-state index contributed by atoms with van der Waals surface area (Å²) >= 11 is 5.87. The lowest BCUT2D eigenvalue weighted by atomic mass is 9.92. The zero-order valence-electron chi connectivity index (χ0n) is 19.7. The zero-order valence-corrected chi connectivity index (χ0v) is 20.5. The summed E-state index contributed by atoms with van der Waals surface area (Å²) < 4.78 is 5.94. The zero-order chi connectivity index (χ0) is 24.9. The number of aromatic hydroxyl groups is 1. The predicted molar refractivity (Wildman–Crippen MR) is 137 cm³/mol. The molecule has 3 aromatic carbocycles. The van der Waals surface area contributed by atoms with E-state index in [1.54, 1.807) is 12.3 Å². The predicted octanol–water partition coefficient (Wildman–Crippen LogP) is 4.85. The lowest BCUT2D eigenvalue weighted by molar-refractivity contribution is -0.136. The number of piperidine rings is 1. The van der Waals surface area contributed by atoms with Crippen LogP contribution >= 0.6 is 11.6 Å². The van der Waals surface area contributed by atoms with E-state index in [4.69, 9.17) is 16.3 Å². The van der Waals surface area contributed by atoms with Crippen LogP contribution in [0.25, 0.3) is 10.8 Å². The molecule has 182 valence electrons. The van der Waals surface area contributed by atoms with Crippen molar-refractivity contribution in [1.82, 2.24) is 10.3 Å². The molecule has 1 fully saturated rings. The van der Waals surface area contributed by atoms with Crippen molar-refractivity contribution in [2.45, 2.75) is 20.3 Å². The molecule has 2 amide bonds. The number of hydrogen-bond acceptors (Lipinski definition) is 5. The van der Waals surface area contributed by atoms with Crippen molar-refractivity contribution in [3.8, 4) is 11.5 Å². The second-order valence-corrected chi connectivity index (χ2v) is 9.50. The third-order valence-electron chi connectivity index (χ3n) is 6.07. The van der Waals surface area contributed by atoms with E-state index in [1.807, 2.05) is 35.2 Å². The molecular weight excluding hydrogens is 466 g/mol. The van der Waals surface area contributed by atoms with E-state index in [0.29, 0.717) is 17.6 Å². The molecular formula is C27H28ClN3O4. The van der Waals surface area contributed by atoms with Gasteiger partial charge in [0, 0.05) is 29.6 Å². The van der Waals surface area contributed by atoms with Crippen LogP contribution in [0.15, 0.2) is 59.7 Å². The van der Waals surface area contributed by atoms with Crippen LogP contribution in [0.5, 0.6) is 11.5 Å². The number of hydrogen-bond donors (Lipinski definition) is 2. The van der Waals surface area contributed by atoms with Gasteiger partial charge in [-0.05, 0) is 54.0 Å². The summed E-state index contributed by atoms with van der Waals surface area (Å²) in [5, 5.41) is 15.4. The van der Waals surface area contributed by atoms with E-state index in [9.17, 15) is 14.7 Å². The number of carbonyl (C=O) groups excluding carboxylic acids is 2. The first kappa shape index (κ1) is 24.5. The number of phenols is 1. The maximum absolute atomic E-state index is 12.7. The van der Waals surface area contributed by atoms with E-state index in [-0.39, 0.29) is 28.8 Å². The number of rotatable bonds is 6. The fourth-order valence-electron chi connectivity index (χ4n) is 4.50. The van der Waals surface area contributed by atoms with Crippen molar-refractivity contribution in [3.63, 3.8) is 0 Å². The number of ether oxygens (including phenoxy) is 1. The lowest BCUT2D eigenvalue weighted by Crippen LogP contribution is -2.44. The minimum Gasteiger partial charge on any atom is -0.506 e. The number of nitrogens with one attached hydrogen (secondary N) is 1. The Hall–Kier alpha value is -3.58. The second kappa shape index (κ2) is 10.8. The largest absolute Gasteiger partial charge is 0.506 e. The first-order chi connectivity index (χ1) is 16.8. The van der Waals surface area contributed by atoms with Gasteiger partial charge in [0.1, 0.15) is 11.5 Å². The molecule has 4 rings (SSSR count). The van der Waals surface area contributed by atoms with Crippen LogP contribution in [0.3, 0.4) is 0 Å². The monoisotopic (exact) mass is 493 g/mol. The number of carbonyl (C=O) groups is 2. The molecule has 0 saturated carbocycles. The molecule has 2 atom stereocenters. The molecule has 8 heteroatoms. The van der Waals surface area contributed by atoms with E-state index in [2.05, 4.69) is 24.4 Å². The summed E-state index contributed by atoms with van der Waals surface area (Å²) in [6.07, 6.45) is 2.69. The van der Waals surface area contributed by atoms with Crippen LogP contribution < -0.4 is 10.2 Å². The quantitative estimate of drug-likeness (QED) is 0.379. The Labute approximate surface area is 209 Å². The summed E-state index contributed by atoms with van der Waals surface area (Å²) in [7, 11) is 0. The van der Waals surface area contributed by atoms with Crippen molar-refractivity contribution in [1.29, 1.82) is 0 Å². The number of fused-ring (bicyclic) bond motifs is 1. The lowest BCUT2D eigenvalue weighted by Gasteiger charge is -2.34. The Morgan fingerprint density at radius 2 is 1.83 bits per heavy atom. The molecule has 1 saturated heterocycles. The Balaban J connectivity index is 1.45. The summed E-state index contributed by atoms with van der Waals surface area (Å²) in [5.41, 5.74) is 3.52. The van der Waals surface area contributed by atoms with Crippen LogP contribution in [0.2, 0.25) is 5.02 Å². The van der Waals surface area contributed by atoms with E-state index < -0.39 is 5.91 Å². The van der Waals surface area contributed by atoms with Gasteiger partial charge < -0.3 is 14.7 Å². The average Bonchev–Trinajstić information content (AvgIpc) is 2.84. The summed E-state index contributed by atoms with van der Waals surface area (Å²) in [5.74, 6) is 1.05. The Morgan fingerprint density at radius 3 is 2.54 bits per heavy atom. The van der Waals surface area contributed by atoms with Gasteiger partial charge in [-0.15, -0.1) is 0 Å². The Bertz CT molecular complexity index is 1270. The molecule has 0 aromatic heterocycles. The van der Waals surface area contributed by atoms with Crippen molar-refractivity contribution < 1.29 is 19.4 Å². The maximum atomic E-state index is 12.7. The molecule has 0 radical (unpaired) electrons.